The second-order valence-corrected chi connectivity index (χ2v) is 5.83. The van der Waals surface area contributed by atoms with Gasteiger partial charge in [0.2, 0.25) is 5.91 Å². The van der Waals surface area contributed by atoms with Gasteiger partial charge in [-0.05, 0) is 43.2 Å². The molecule has 0 spiro atoms. The number of nitrogens with zero attached hydrogens (tertiary/aromatic N) is 2. The Morgan fingerprint density at radius 1 is 1.17 bits per heavy atom. The van der Waals surface area contributed by atoms with Crippen LogP contribution in [0, 0.1) is 6.92 Å². The van der Waals surface area contributed by atoms with Gasteiger partial charge in [-0.2, -0.15) is 0 Å². The zero-order chi connectivity index (χ0) is 16.9. The van der Waals surface area contributed by atoms with Gasteiger partial charge in [-0.15, -0.1) is 0 Å². The third-order valence-corrected chi connectivity index (χ3v) is 3.93. The fraction of sp³-hybridized carbons (Fsp3) is 0.167. The van der Waals surface area contributed by atoms with Crippen molar-refractivity contribution in [2.75, 3.05) is 5.32 Å². The number of pyridine rings is 1. The van der Waals surface area contributed by atoms with Gasteiger partial charge in [0, 0.05) is 35.0 Å². The Bertz CT molecular complexity index is 829. The first-order valence-corrected chi connectivity index (χ1v) is 7.92. The lowest BCUT2D eigenvalue weighted by atomic mass is 10.1. The van der Waals surface area contributed by atoms with Crippen LogP contribution in [0.1, 0.15) is 17.5 Å². The third-order valence-electron chi connectivity index (χ3n) is 3.68. The summed E-state index contributed by atoms with van der Waals surface area (Å²) in [5.41, 5.74) is 2.72. The first kappa shape index (κ1) is 16.2. The summed E-state index contributed by atoms with van der Waals surface area (Å²) in [6, 6.07) is 11.1. The molecule has 1 aromatic carbocycles. The minimum Gasteiger partial charge on any atom is -0.354 e. The molecule has 0 radical (unpaired) electrons. The number of halogens is 1. The van der Waals surface area contributed by atoms with Crippen molar-refractivity contribution in [2.45, 2.75) is 19.8 Å². The number of carbonyl (C=O) groups excluding carboxylic acids is 1. The summed E-state index contributed by atoms with van der Waals surface area (Å²) >= 11 is 5.85. The average Bonchev–Trinajstić information content (AvgIpc) is 2.96. The van der Waals surface area contributed by atoms with Gasteiger partial charge in [-0.25, -0.2) is 0 Å². The van der Waals surface area contributed by atoms with Crippen LogP contribution in [-0.4, -0.2) is 16.0 Å². The normalized spacial score (nSPS) is 10.6. The van der Waals surface area contributed by atoms with Crippen molar-refractivity contribution in [2.24, 2.45) is 0 Å². The number of hydrogen-bond donors (Lipinski definition) is 1. The highest BCUT2D eigenvalue weighted by molar-refractivity contribution is 6.30. The fourth-order valence-corrected chi connectivity index (χ4v) is 2.45. The molecule has 5 nitrogen and oxygen atoms in total. The van der Waals surface area contributed by atoms with Crippen molar-refractivity contribution in [1.29, 1.82) is 0 Å². The molecule has 0 aliphatic rings. The number of aromatic nitrogens is 2. The molecule has 122 valence electrons. The van der Waals surface area contributed by atoms with Gasteiger partial charge in [-0.3, -0.25) is 9.78 Å². The minimum atomic E-state index is -0.109. The number of benzene rings is 1. The zero-order valence-electron chi connectivity index (χ0n) is 13.1. The summed E-state index contributed by atoms with van der Waals surface area (Å²) in [4.78, 5) is 16.1. The second kappa shape index (κ2) is 7.27. The Morgan fingerprint density at radius 3 is 2.58 bits per heavy atom. The molecule has 0 unspecified atom stereocenters. The lowest BCUT2D eigenvalue weighted by molar-refractivity contribution is -0.116. The molecule has 0 aliphatic heterocycles. The molecule has 0 saturated heterocycles. The van der Waals surface area contributed by atoms with Gasteiger partial charge in [0.05, 0.1) is 0 Å². The van der Waals surface area contributed by atoms with E-state index >= 15 is 0 Å². The Kier molecular flexibility index (Phi) is 4.91. The van der Waals surface area contributed by atoms with E-state index in [-0.39, 0.29) is 5.91 Å². The Labute approximate surface area is 144 Å². The predicted molar refractivity (Wildman–Crippen MR) is 92.9 cm³/mol. The first-order valence-electron chi connectivity index (χ1n) is 7.54. The summed E-state index contributed by atoms with van der Waals surface area (Å²) in [5, 5.41) is 7.44. The highest BCUT2D eigenvalue weighted by atomic mass is 35.5. The molecule has 3 aromatic rings. The lowest BCUT2D eigenvalue weighted by Crippen LogP contribution is -2.13. The highest BCUT2D eigenvalue weighted by Gasteiger charge is 2.15. The summed E-state index contributed by atoms with van der Waals surface area (Å²) in [5.74, 6) is 0.968. The van der Waals surface area contributed by atoms with Crippen LogP contribution in [-0.2, 0) is 11.2 Å². The largest absolute Gasteiger partial charge is 0.354 e. The van der Waals surface area contributed by atoms with Crippen molar-refractivity contribution in [3.05, 3.63) is 64.9 Å². The van der Waals surface area contributed by atoms with Crippen molar-refractivity contribution >= 4 is 23.3 Å². The van der Waals surface area contributed by atoms with Crippen LogP contribution >= 0.6 is 11.6 Å². The molecule has 6 heteroatoms. The molecule has 0 bridgehead atoms. The SMILES string of the molecule is Cc1c(NC(=O)CCc2ccc(Cl)cc2)noc1-c1ccncc1. The number of rotatable bonds is 5. The van der Waals surface area contributed by atoms with Crippen molar-refractivity contribution in [3.8, 4) is 11.3 Å². The molecule has 1 N–H and O–H groups in total. The molecule has 24 heavy (non-hydrogen) atoms. The summed E-state index contributed by atoms with van der Waals surface area (Å²) < 4.78 is 5.35. The first-order chi connectivity index (χ1) is 11.6. The topological polar surface area (TPSA) is 68.0 Å². The molecular weight excluding hydrogens is 326 g/mol. The quantitative estimate of drug-likeness (QED) is 0.752. The number of amides is 1. The van der Waals surface area contributed by atoms with Gasteiger partial charge in [-0.1, -0.05) is 28.9 Å². The number of anilines is 1. The second-order valence-electron chi connectivity index (χ2n) is 5.40. The van der Waals surface area contributed by atoms with Gasteiger partial charge >= 0.3 is 0 Å². The fourth-order valence-electron chi connectivity index (χ4n) is 2.33. The van der Waals surface area contributed by atoms with E-state index in [1.807, 2.05) is 43.3 Å². The van der Waals surface area contributed by atoms with Gasteiger partial charge in [0.15, 0.2) is 11.6 Å². The van der Waals surface area contributed by atoms with Crippen LogP contribution in [0.3, 0.4) is 0 Å². The van der Waals surface area contributed by atoms with Crippen LogP contribution in [0.2, 0.25) is 5.02 Å². The predicted octanol–water partition coefficient (Wildman–Crippen LogP) is 4.27. The highest BCUT2D eigenvalue weighted by Crippen LogP contribution is 2.27. The Morgan fingerprint density at radius 2 is 1.88 bits per heavy atom. The van der Waals surface area contributed by atoms with Crippen LogP contribution in [0.5, 0.6) is 0 Å². The summed E-state index contributed by atoms with van der Waals surface area (Å²) in [6.45, 7) is 1.86. The molecule has 0 saturated carbocycles. The van der Waals surface area contributed by atoms with E-state index in [4.69, 9.17) is 16.1 Å². The summed E-state index contributed by atoms with van der Waals surface area (Å²) in [7, 11) is 0. The monoisotopic (exact) mass is 341 g/mol. The van der Waals surface area contributed by atoms with Crippen molar-refractivity contribution < 1.29 is 9.32 Å². The standard InChI is InChI=1S/C18H16ClN3O2/c1-12-17(14-8-10-20-11-9-14)24-22-18(12)21-16(23)7-4-13-2-5-15(19)6-3-13/h2-3,5-6,8-11H,4,7H2,1H3,(H,21,22,23). The van der Waals surface area contributed by atoms with Crippen LogP contribution in [0.15, 0.2) is 53.3 Å². The maximum absolute atomic E-state index is 12.1. The van der Waals surface area contributed by atoms with E-state index in [9.17, 15) is 4.79 Å². The molecule has 3 rings (SSSR count). The van der Waals surface area contributed by atoms with Gasteiger partial charge in [0.25, 0.3) is 0 Å². The van der Waals surface area contributed by atoms with E-state index in [0.29, 0.717) is 29.4 Å². The average molecular weight is 342 g/mol. The lowest BCUT2D eigenvalue weighted by Gasteiger charge is -2.03. The number of carbonyl (C=O) groups is 1. The molecule has 1 amide bonds. The molecule has 2 heterocycles. The van der Waals surface area contributed by atoms with E-state index in [2.05, 4.69) is 15.5 Å². The molecular formula is C18H16ClN3O2. The van der Waals surface area contributed by atoms with Gasteiger partial charge < -0.3 is 9.84 Å². The smallest absolute Gasteiger partial charge is 0.225 e. The van der Waals surface area contributed by atoms with Crippen LogP contribution in [0.25, 0.3) is 11.3 Å². The number of aryl methyl sites for hydroxylation is 1. The molecule has 2 aromatic heterocycles. The molecule has 0 aliphatic carbocycles. The number of hydrogen-bond acceptors (Lipinski definition) is 4. The maximum atomic E-state index is 12.1. The zero-order valence-corrected chi connectivity index (χ0v) is 13.9. The maximum Gasteiger partial charge on any atom is 0.225 e. The van der Waals surface area contributed by atoms with E-state index in [0.717, 1.165) is 16.7 Å². The molecule has 0 atom stereocenters. The van der Waals surface area contributed by atoms with Crippen molar-refractivity contribution in [3.63, 3.8) is 0 Å². The van der Waals surface area contributed by atoms with Crippen LogP contribution < -0.4 is 5.32 Å². The van der Waals surface area contributed by atoms with E-state index < -0.39 is 0 Å². The third kappa shape index (κ3) is 3.81. The number of nitrogens with one attached hydrogen (secondary N) is 1. The summed E-state index contributed by atoms with van der Waals surface area (Å²) in [6.07, 6.45) is 4.36. The Balaban J connectivity index is 1.63. The van der Waals surface area contributed by atoms with E-state index in [1.54, 1.807) is 12.4 Å². The van der Waals surface area contributed by atoms with Crippen LogP contribution in [0.4, 0.5) is 5.82 Å². The van der Waals surface area contributed by atoms with E-state index in [1.165, 1.54) is 0 Å². The van der Waals surface area contributed by atoms with Gasteiger partial charge in [0.1, 0.15) is 0 Å². The molecule has 0 fully saturated rings. The van der Waals surface area contributed by atoms with Crippen molar-refractivity contribution in [1.82, 2.24) is 10.1 Å². The minimum absolute atomic E-state index is 0.109. The Hall–Kier alpha value is -2.66.